The molecule has 0 radical (unpaired) electrons. The molecule has 29 heavy (non-hydrogen) atoms. The fraction of sp³-hybridized carbons (Fsp3) is 0.200. The van der Waals surface area contributed by atoms with Crippen molar-refractivity contribution >= 4 is 40.0 Å². The summed E-state index contributed by atoms with van der Waals surface area (Å²) in [4.78, 5) is 40.2. The van der Waals surface area contributed by atoms with Crippen LogP contribution in [0.1, 0.15) is 21.6 Å². The minimum atomic E-state index is -0.569. The number of aromatic amines is 1. The van der Waals surface area contributed by atoms with Crippen LogP contribution in [0.3, 0.4) is 0 Å². The van der Waals surface area contributed by atoms with Crippen LogP contribution in [0.5, 0.6) is 0 Å². The third-order valence-corrected chi connectivity index (χ3v) is 5.24. The number of H-pyrrole nitrogens is 1. The number of halogens is 1. The summed E-state index contributed by atoms with van der Waals surface area (Å²) in [6.07, 6.45) is 0.687. The number of fused-ring (bicyclic) bond motifs is 3. The van der Waals surface area contributed by atoms with E-state index < -0.39 is 10.8 Å². The van der Waals surface area contributed by atoms with Crippen LogP contribution in [0.4, 0.5) is 5.69 Å². The Morgan fingerprint density at radius 1 is 1.24 bits per heavy atom. The first-order valence-electron chi connectivity index (χ1n) is 9.02. The van der Waals surface area contributed by atoms with Gasteiger partial charge in [-0.3, -0.25) is 19.7 Å². The first-order chi connectivity index (χ1) is 13.9. The quantitative estimate of drug-likeness (QED) is 0.507. The van der Waals surface area contributed by atoms with E-state index in [0.29, 0.717) is 24.5 Å². The minimum Gasteiger partial charge on any atom is -0.358 e. The molecule has 0 spiro atoms. The number of hydrogen-bond donors (Lipinski definition) is 2. The number of nitro benzene ring substituents is 1. The summed E-state index contributed by atoms with van der Waals surface area (Å²) >= 11 is 6.11. The van der Waals surface area contributed by atoms with E-state index in [0.717, 1.165) is 22.2 Å². The van der Waals surface area contributed by atoms with Crippen molar-refractivity contribution in [1.29, 1.82) is 0 Å². The van der Waals surface area contributed by atoms with Gasteiger partial charge in [-0.25, -0.2) is 0 Å². The number of non-ortho nitro benzene ring substituents is 1. The van der Waals surface area contributed by atoms with E-state index >= 15 is 0 Å². The molecule has 9 heteroatoms. The van der Waals surface area contributed by atoms with Crippen LogP contribution in [0.15, 0.2) is 42.5 Å². The van der Waals surface area contributed by atoms with Gasteiger partial charge in [-0.15, -0.1) is 0 Å². The third kappa shape index (κ3) is 3.79. The number of nitrogens with zero attached hydrogens (tertiary/aromatic N) is 2. The SMILES string of the molecule is O=C(NCC(=O)N1CCc2[nH]c3ccc(Cl)cc3c2C1)c1cccc([N+](=O)[O-])c1. The third-order valence-electron chi connectivity index (χ3n) is 5.01. The zero-order chi connectivity index (χ0) is 20.5. The Kier molecular flexibility index (Phi) is 4.94. The number of hydrogen-bond acceptors (Lipinski definition) is 4. The van der Waals surface area contributed by atoms with Crippen LogP contribution >= 0.6 is 11.6 Å². The van der Waals surface area contributed by atoms with Crippen molar-refractivity contribution in [3.05, 3.63) is 74.4 Å². The highest BCUT2D eigenvalue weighted by atomic mass is 35.5. The normalized spacial score (nSPS) is 13.2. The molecule has 2 N–H and O–H groups in total. The molecule has 0 saturated carbocycles. The molecule has 0 saturated heterocycles. The summed E-state index contributed by atoms with van der Waals surface area (Å²) in [6.45, 7) is 0.792. The Hall–Kier alpha value is -3.39. The molecular weight excluding hydrogens is 396 g/mol. The Bertz CT molecular complexity index is 1140. The van der Waals surface area contributed by atoms with Gasteiger partial charge in [-0.05, 0) is 24.3 Å². The van der Waals surface area contributed by atoms with Crippen LogP contribution in [-0.4, -0.2) is 39.7 Å². The van der Waals surface area contributed by atoms with Crippen molar-refractivity contribution in [2.24, 2.45) is 0 Å². The molecule has 3 aromatic rings. The second-order valence-electron chi connectivity index (χ2n) is 6.83. The van der Waals surface area contributed by atoms with Crippen LogP contribution in [-0.2, 0) is 17.8 Å². The number of nitro groups is 1. The first-order valence-corrected chi connectivity index (χ1v) is 9.39. The Balaban J connectivity index is 1.43. The topological polar surface area (TPSA) is 108 Å². The Morgan fingerprint density at radius 2 is 2.07 bits per heavy atom. The van der Waals surface area contributed by atoms with Crippen LogP contribution < -0.4 is 5.32 Å². The highest BCUT2D eigenvalue weighted by molar-refractivity contribution is 6.31. The lowest BCUT2D eigenvalue weighted by Gasteiger charge is -2.27. The number of rotatable bonds is 4. The number of amides is 2. The molecule has 0 unspecified atom stereocenters. The first kappa shape index (κ1) is 18.9. The van der Waals surface area contributed by atoms with Crippen LogP contribution in [0.25, 0.3) is 10.9 Å². The van der Waals surface area contributed by atoms with Crippen molar-refractivity contribution < 1.29 is 14.5 Å². The Morgan fingerprint density at radius 3 is 2.86 bits per heavy atom. The highest BCUT2D eigenvalue weighted by Crippen LogP contribution is 2.29. The molecule has 2 aromatic carbocycles. The summed E-state index contributed by atoms with van der Waals surface area (Å²) < 4.78 is 0. The molecule has 4 rings (SSSR count). The molecule has 0 atom stereocenters. The van der Waals surface area contributed by atoms with Crippen molar-refractivity contribution in [1.82, 2.24) is 15.2 Å². The predicted octanol–water partition coefficient (Wildman–Crippen LogP) is 3.04. The van der Waals surface area contributed by atoms with Gasteiger partial charge in [0.25, 0.3) is 11.6 Å². The fourth-order valence-corrected chi connectivity index (χ4v) is 3.70. The molecule has 1 aliphatic heterocycles. The van der Waals surface area contributed by atoms with E-state index in [1.165, 1.54) is 24.3 Å². The lowest BCUT2D eigenvalue weighted by atomic mass is 10.0. The minimum absolute atomic E-state index is 0.138. The smallest absolute Gasteiger partial charge is 0.270 e. The Labute approximate surface area is 170 Å². The standard InChI is InChI=1S/C20H17ClN4O4/c21-13-4-5-17-15(9-13)16-11-24(7-6-18(16)23-17)19(26)10-22-20(27)12-2-1-3-14(8-12)25(28)29/h1-5,8-9,23H,6-7,10-11H2,(H,22,27). The van der Waals surface area contributed by atoms with E-state index in [9.17, 15) is 19.7 Å². The molecule has 8 nitrogen and oxygen atoms in total. The number of carbonyl (C=O) groups excluding carboxylic acids is 2. The van der Waals surface area contributed by atoms with Gasteiger partial charge in [0, 0.05) is 64.4 Å². The maximum Gasteiger partial charge on any atom is 0.270 e. The van der Waals surface area contributed by atoms with Gasteiger partial charge in [-0.2, -0.15) is 0 Å². The monoisotopic (exact) mass is 412 g/mol. The summed E-state index contributed by atoms with van der Waals surface area (Å²) in [5, 5.41) is 15.0. The van der Waals surface area contributed by atoms with Crippen LogP contribution in [0, 0.1) is 10.1 Å². The van der Waals surface area contributed by atoms with Gasteiger partial charge in [0.2, 0.25) is 5.91 Å². The number of benzene rings is 2. The number of aromatic nitrogens is 1. The molecule has 0 aliphatic carbocycles. The lowest BCUT2D eigenvalue weighted by Crippen LogP contribution is -2.42. The molecule has 2 amide bonds. The summed E-state index contributed by atoms with van der Waals surface area (Å²) in [7, 11) is 0. The summed E-state index contributed by atoms with van der Waals surface area (Å²) in [5.74, 6) is -0.746. The highest BCUT2D eigenvalue weighted by Gasteiger charge is 2.24. The van der Waals surface area contributed by atoms with E-state index in [2.05, 4.69) is 10.3 Å². The molecule has 2 heterocycles. The van der Waals surface area contributed by atoms with E-state index in [1.807, 2.05) is 18.2 Å². The fourth-order valence-electron chi connectivity index (χ4n) is 3.53. The van der Waals surface area contributed by atoms with Gasteiger partial charge in [0.05, 0.1) is 11.5 Å². The van der Waals surface area contributed by atoms with Crippen LogP contribution in [0.2, 0.25) is 5.02 Å². The number of nitrogens with one attached hydrogen (secondary N) is 2. The largest absolute Gasteiger partial charge is 0.358 e. The van der Waals surface area contributed by atoms with Gasteiger partial charge in [0.15, 0.2) is 0 Å². The summed E-state index contributed by atoms with van der Waals surface area (Å²) in [5.41, 5.74) is 3.07. The van der Waals surface area contributed by atoms with Crippen molar-refractivity contribution in [2.45, 2.75) is 13.0 Å². The lowest BCUT2D eigenvalue weighted by molar-refractivity contribution is -0.384. The number of carbonyl (C=O) groups is 2. The van der Waals surface area contributed by atoms with E-state index in [4.69, 9.17) is 11.6 Å². The van der Waals surface area contributed by atoms with Gasteiger partial charge in [0.1, 0.15) is 0 Å². The second kappa shape index (κ2) is 7.56. The zero-order valence-electron chi connectivity index (χ0n) is 15.3. The second-order valence-corrected chi connectivity index (χ2v) is 7.26. The average Bonchev–Trinajstić information content (AvgIpc) is 3.08. The maximum absolute atomic E-state index is 12.6. The average molecular weight is 413 g/mol. The molecule has 0 fully saturated rings. The molecule has 1 aliphatic rings. The van der Waals surface area contributed by atoms with E-state index in [1.54, 1.807) is 4.90 Å². The van der Waals surface area contributed by atoms with Crippen molar-refractivity contribution in [3.63, 3.8) is 0 Å². The predicted molar refractivity (Wildman–Crippen MR) is 108 cm³/mol. The van der Waals surface area contributed by atoms with Gasteiger partial charge in [-0.1, -0.05) is 17.7 Å². The van der Waals surface area contributed by atoms with Gasteiger partial charge < -0.3 is 15.2 Å². The molecule has 0 bridgehead atoms. The van der Waals surface area contributed by atoms with Gasteiger partial charge >= 0.3 is 0 Å². The molecular formula is C20H17ClN4O4. The van der Waals surface area contributed by atoms with E-state index in [-0.39, 0.29) is 23.7 Å². The summed E-state index contributed by atoms with van der Waals surface area (Å²) in [6, 6.07) is 11.0. The van der Waals surface area contributed by atoms with Crippen molar-refractivity contribution in [3.8, 4) is 0 Å². The van der Waals surface area contributed by atoms with Crippen molar-refractivity contribution in [2.75, 3.05) is 13.1 Å². The zero-order valence-corrected chi connectivity index (χ0v) is 16.0. The maximum atomic E-state index is 12.6. The molecule has 1 aromatic heterocycles. The molecule has 148 valence electrons.